The molecule has 5 nitrogen and oxygen atoms in total. The predicted octanol–water partition coefficient (Wildman–Crippen LogP) is 5.53. The second-order valence-corrected chi connectivity index (χ2v) is 9.06. The molecular weight excluding hydrogens is 384 g/mol. The lowest BCUT2D eigenvalue weighted by molar-refractivity contribution is -0.136. The third-order valence-electron chi connectivity index (χ3n) is 5.85. The van der Waals surface area contributed by atoms with E-state index in [0.29, 0.717) is 17.2 Å². The molecule has 2 fully saturated rings. The van der Waals surface area contributed by atoms with Crippen molar-refractivity contribution in [2.24, 2.45) is 5.92 Å². The number of hydrogen-bond donors (Lipinski definition) is 1. The fourth-order valence-electron chi connectivity index (χ4n) is 4.33. The summed E-state index contributed by atoms with van der Waals surface area (Å²) in [6.07, 6.45) is 14.0. The van der Waals surface area contributed by atoms with Gasteiger partial charge in [-0.15, -0.1) is 11.3 Å². The summed E-state index contributed by atoms with van der Waals surface area (Å²) in [5.74, 6) is 0.312. The van der Waals surface area contributed by atoms with Gasteiger partial charge in [0.15, 0.2) is 0 Å². The lowest BCUT2D eigenvalue weighted by Crippen LogP contribution is -2.39. The summed E-state index contributed by atoms with van der Waals surface area (Å²) >= 11 is 1.33. The van der Waals surface area contributed by atoms with Gasteiger partial charge in [0.05, 0.1) is 10.9 Å². The minimum atomic E-state index is -0.241. The van der Waals surface area contributed by atoms with Gasteiger partial charge >= 0.3 is 0 Å². The monoisotopic (exact) mass is 414 g/mol. The Morgan fingerprint density at radius 2 is 1.93 bits per heavy atom. The smallest absolute Gasteiger partial charge is 0.223 e. The van der Waals surface area contributed by atoms with Crippen LogP contribution in [-0.4, -0.2) is 33.2 Å². The fraction of sp³-hybridized carbons (Fsp3) is 0.522. The number of likely N-dealkylation sites (tertiary alicyclic amines) is 1. The van der Waals surface area contributed by atoms with Crippen LogP contribution in [0, 0.1) is 5.92 Å². The van der Waals surface area contributed by atoms with Crippen molar-refractivity contribution in [1.29, 1.82) is 0 Å². The van der Waals surface area contributed by atoms with Gasteiger partial charge in [0.2, 0.25) is 11.7 Å². The SMILES string of the molecule is C=C/C(=C\C(=C)O)C(=O)c1cnc([C@@H]2CCCCN2C(=O)CC2CCCCC2)s1. The normalized spacial score (nSPS) is 21.0. The van der Waals surface area contributed by atoms with Crippen LogP contribution < -0.4 is 0 Å². The summed E-state index contributed by atoms with van der Waals surface area (Å²) in [7, 11) is 0. The van der Waals surface area contributed by atoms with Crippen molar-refractivity contribution in [2.75, 3.05) is 6.54 Å². The van der Waals surface area contributed by atoms with Crippen LogP contribution in [-0.2, 0) is 4.79 Å². The van der Waals surface area contributed by atoms with Gasteiger partial charge < -0.3 is 10.0 Å². The van der Waals surface area contributed by atoms with E-state index < -0.39 is 0 Å². The van der Waals surface area contributed by atoms with Gasteiger partial charge in [-0.3, -0.25) is 9.59 Å². The van der Waals surface area contributed by atoms with Crippen LogP contribution in [0.25, 0.3) is 0 Å². The number of allylic oxidation sites excluding steroid dienone is 3. The Labute approximate surface area is 176 Å². The van der Waals surface area contributed by atoms with Gasteiger partial charge in [0.1, 0.15) is 10.8 Å². The molecule has 1 saturated heterocycles. The highest BCUT2D eigenvalue weighted by Crippen LogP contribution is 2.36. The summed E-state index contributed by atoms with van der Waals surface area (Å²) in [6.45, 7) is 7.80. The van der Waals surface area contributed by atoms with E-state index in [1.54, 1.807) is 6.20 Å². The minimum absolute atomic E-state index is 0.0460. The number of amides is 1. The van der Waals surface area contributed by atoms with Crippen molar-refractivity contribution in [3.63, 3.8) is 0 Å². The van der Waals surface area contributed by atoms with Gasteiger partial charge in [-0.2, -0.15) is 0 Å². The summed E-state index contributed by atoms with van der Waals surface area (Å²) in [6, 6.07) is -0.0460. The highest BCUT2D eigenvalue weighted by molar-refractivity contribution is 7.14. The molecule has 0 spiro atoms. The number of aromatic nitrogens is 1. The first-order chi connectivity index (χ1) is 14.0. The van der Waals surface area contributed by atoms with E-state index in [2.05, 4.69) is 18.1 Å². The maximum absolute atomic E-state index is 13.0. The Morgan fingerprint density at radius 3 is 2.62 bits per heavy atom. The Balaban J connectivity index is 1.74. The molecular formula is C23H30N2O3S. The van der Waals surface area contributed by atoms with Crippen molar-refractivity contribution in [3.8, 4) is 0 Å². The number of Topliss-reactive ketones (excluding diaryl/α,β-unsaturated/α-hetero) is 1. The zero-order chi connectivity index (χ0) is 20.8. The molecule has 0 bridgehead atoms. The molecule has 2 aliphatic rings. The molecule has 0 radical (unpaired) electrons. The summed E-state index contributed by atoms with van der Waals surface area (Å²) in [5.41, 5.74) is 0.279. The zero-order valence-corrected chi connectivity index (χ0v) is 17.8. The van der Waals surface area contributed by atoms with E-state index in [1.165, 1.54) is 42.8 Å². The molecule has 1 aromatic rings. The highest BCUT2D eigenvalue weighted by atomic mass is 32.1. The minimum Gasteiger partial charge on any atom is -0.509 e. The largest absolute Gasteiger partial charge is 0.509 e. The molecule has 0 unspecified atom stereocenters. The van der Waals surface area contributed by atoms with Gasteiger partial charge in [0.25, 0.3) is 0 Å². The average molecular weight is 415 g/mol. The first-order valence-corrected chi connectivity index (χ1v) is 11.3. The molecule has 29 heavy (non-hydrogen) atoms. The number of nitrogens with zero attached hydrogens (tertiary/aromatic N) is 2. The average Bonchev–Trinajstić information content (AvgIpc) is 3.22. The van der Waals surface area contributed by atoms with Crippen molar-refractivity contribution >= 4 is 23.0 Å². The van der Waals surface area contributed by atoms with Crippen LogP contribution in [0.5, 0.6) is 0 Å². The van der Waals surface area contributed by atoms with Crippen molar-refractivity contribution in [2.45, 2.75) is 63.8 Å². The van der Waals surface area contributed by atoms with Crippen LogP contribution in [0.3, 0.4) is 0 Å². The Bertz CT molecular complexity index is 805. The van der Waals surface area contributed by atoms with Crippen LogP contribution in [0.2, 0.25) is 0 Å². The highest BCUT2D eigenvalue weighted by Gasteiger charge is 2.32. The number of thiazole rings is 1. The number of aliphatic hydroxyl groups excluding tert-OH is 1. The second kappa shape index (κ2) is 10.0. The number of carbonyl (C=O) groups is 2. The fourth-order valence-corrected chi connectivity index (χ4v) is 5.36. The van der Waals surface area contributed by atoms with E-state index in [1.807, 2.05) is 4.90 Å². The van der Waals surface area contributed by atoms with Crippen LogP contribution in [0.4, 0.5) is 0 Å². The Morgan fingerprint density at radius 1 is 1.21 bits per heavy atom. The third kappa shape index (κ3) is 5.44. The molecule has 3 rings (SSSR count). The standard InChI is InChI=1S/C23H30N2O3S/c1-3-18(13-16(2)26)22(28)20-15-24-23(29-20)19-11-7-8-12-25(19)21(27)14-17-9-5-4-6-10-17/h3,13,15,17,19,26H,1-2,4-12,14H2/b18-13+/t19-/m0/s1. The molecule has 1 aromatic heterocycles. The summed E-state index contributed by atoms with van der Waals surface area (Å²) < 4.78 is 0. The number of piperidine rings is 1. The summed E-state index contributed by atoms with van der Waals surface area (Å²) in [4.78, 5) is 32.7. The topological polar surface area (TPSA) is 70.5 Å². The van der Waals surface area contributed by atoms with E-state index in [9.17, 15) is 14.7 Å². The van der Waals surface area contributed by atoms with Crippen molar-refractivity contribution in [3.05, 3.63) is 52.7 Å². The molecule has 156 valence electrons. The van der Waals surface area contributed by atoms with E-state index in [4.69, 9.17) is 0 Å². The van der Waals surface area contributed by atoms with E-state index >= 15 is 0 Å². The molecule has 2 heterocycles. The number of hydrogen-bond acceptors (Lipinski definition) is 5. The molecule has 1 aliphatic heterocycles. The molecule has 0 aromatic carbocycles. The number of ketones is 1. The molecule has 1 atom stereocenters. The second-order valence-electron chi connectivity index (χ2n) is 7.99. The van der Waals surface area contributed by atoms with E-state index in [0.717, 1.165) is 43.7 Å². The van der Waals surface area contributed by atoms with E-state index in [-0.39, 0.29) is 29.1 Å². The predicted molar refractivity (Wildman–Crippen MR) is 116 cm³/mol. The number of rotatable bonds is 7. The first kappa shape index (κ1) is 21.5. The third-order valence-corrected chi connectivity index (χ3v) is 6.95. The van der Waals surface area contributed by atoms with Crippen molar-refractivity contribution < 1.29 is 14.7 Å². The lowest BCUT2D eigenvalue weighted by Gasteiger charge is -2.36. The molecule has 1 amide bonds. The van der Waals surface area contributed by atoms with Crippen LogP contribution in [0.1, 0.15) is 78.5 Å². The maximum Gasteiger partial charge on any atom is 0.223 e. The number of carbonyl (C=O) groups excluding carboxylic acids is 2. The van der Waals surface area contributed by atoms with Crippen LogP contribution in [0.15, 0.2) is 42.8 Å². The molecule has 1 N–H and O–H groups in total. The van der Waals surface area contributed by atoms with Gasteiger partial charge in [-0.05, 0) is 44.1 Å². The van der Waals surface area contributed by atoms with Gasteiger partial charge in [-0.25, -0.2) is 4.98 Å². The summed E-state index contributed by atoms with van der Waals surface area (Å²) in [5, 5.41) is 10.2. The van der Waals surface area contributed by atoms with Gasteiger partial charge in [0, 0.05) is 24.7 Å². The Kier molecular flexibility index (Phi) is 7.42. The zero-order valence-electron chi connectivity index (χ0n) is 16.9. The van der Waals surface area contributed by atoms with Crippen molar-refractivity contribution in [1.82, 2.24) is 9.88 Å². The molecule has 1 aliphatic carbocycles. The van der Waals surface area contributed by atoms with Crippen LogP contribution >= 0.6 is 11.3 Å². The Hall–Kier alpha value is -2.21. The number of aliphatic hydroxyl groups is 1. The quantitative estimate of drug-likeness (QED) is 0.275. The maximum atomic E-state index is 13.0. The first-order valence-electron chi connectivity index (χ1n) is 10.5. The van der Waals surface area contributed by atoms with Gasteiger partial charge in [-0.1, -0.05) is 38.5 Å². The lowest BCUT2D eigenvalue weighted by atomic mass is 9.86. The molecule has 6 heteroatoms. The molecule has 1 saturated carbocycles.